The fourth-order valence-corrected chi connectivity index (χ4v) is 7.51. The fraction of sp³-hybridized carbons (Fsp3) is 0.290. The van der Waals surface area contributed by atoms with Crippen molar-refractivity contribution in [3.8, 4) is 17.3 Å². The lowest BCUT2D eigenvalue weighted by Crippen LogP contribution is -2.42. The second-order valence-corrected chi connectivity index (χ2v) is 12.7. The number of hydrogen-bond acceptors (Lipinski definition) is 6. The van der Waals surface area contributed by atoms with E-state index in [1.54, 1.807) is 42.6 Å². The zero-order chi connectivity index (χ0) is 28.6. The highest BCUT2D eigenvalue weighted by Crippen LogP contribution is 2.53. The highest BCUT2D eigenvalue weighted by atomic mass is 32.2. The van der Waals surface area contributed by atoms with Crippen LogP contribution in [-0.4, -0.2) is 52.3 Å². The monoisotopic (exact) mass is 574 g/mol. The maximum absolute atomic E-state index is 13.7. The van der Waals surface area contributed by atoms with E-state index >= 15 is 0 Å². The topological polar surface area (TPSA) is 97.6 Å². The van der Waals surface area contributed by atoms with Crippen LogP contribution >= 0.6 is 0 Å². The SMILES string of the molecule is C[C@]12Cc3cnn(-c4ccc(F)cc4)c3C=C1CC[C@@H]2CN(CCO)S(=O)(=O)c1ccc(Oc2ccccn2)cc1. The molecular formula is C31H31FN4O4S. The lowest BCUT2D eigenvalue weighted by atomic mass is 9.70. The van der Waals surface area contributed by atoms with Crippen LogP contribution < -0.4 is 4.74 Å². The molecule has 41 heavy (non-hydrogen) atoms. The third-order valence-corrected chi connectivity index (χ3v) is 10.2. The van der Waals surface area contributed by atoms with Gasteiger partial charge in [-0.25, -0.2) is 22.5 Å². The van der Waals surface area contributed by atoms with E-state index in [-0.39, 0.29) is 35.2 Å². The Morgan fingerprint density at radius 1 is 1.12 bits per heavy atom. The van der Waals surface area contributed by atoms with Gasteiger partial charge in [-0.2, -0.15) is 9.40 Å². The number of aromatic nitrogens is 3. The number of halogens is 1. The number of rotatable bonds is 9. The third kappa shape index (κ3) is 5.18. The second kappa shape index (κ2) is 10.8. The molecule has 2 aliphatic carbocycles. The Morgan fingerprint density at radius 3 is 2.61 bits per heavy atom. The molecule has 8 nitrogen and oxygen atoms in total. The number of aliphatic hydroxyl groups excluding tert-OH is 1. The molecule has 4 aromatic rings. The average molecular weight is 575 g/mol. The Labute approximate surface area is 238 Å². The van der Waals surface area contributed by atoms with Gasteiger partial charge in [0.15, 0.2) is 0 Å². The van der Waals surface area contributed by atoms with Gasteiger partial charge < -0.3 is 9.84 Å². The van der Waals surface area contributed by atoms with Gasteiger partial charge in [0, 0.05) is 25.4 Å². The molecule has 212 valence electrons. The van der Waals surface area contributed by atoms with E-state index in [2.05, 4.69) is 23.1 Å². The first-order valence-corrected chi connectivity index (χ1v) is 15.1. The number of pyridine rings is 1. The van der Waals surface area contributed by atoms with Gasteiger partial charge in [0.1, 0.15) is 11.6 Å². The fourth-order valence-electron chi connectivity index (χ4n) is 6.04. The second-order valence-electron chi connectivity index (χ2n) is 10.8. The first-order chi connectivity index (χ1) is 19.8. The molecule has 2 atom stereocenters. The van der Waals surface area contributed by atoms with Gasteiger partial charge in [-0.1, -0.05) is 18.6 Å². The van der Waals surface area contributed by atoms with E-state index in [0.717, 1.165) is 36.2 Å². The largest absolute Gasteiger partial charge is 0.439 e. The van der Waals surface area contributed by atoms with E-state index in [4.69, 9.17) is 4.74 Å². The van der Waals surface area contributed by atoms with Crippen LogP contribution in [0.2, 0.25) is 0 Å². The van der Waals surface area contributed by atoms with Gasteiger partial charge in [0.25, 0.3) is 0 Å². The quantitative estimate of drug-likeness (QED) is 0.294. The van der Waals surface area contributed by atoms with Crippen LogP contribution in [0.3, 0.4) is 0 Å². The summed E-state index contributed by atoms with van der Waals surface area (Å²) in [4.78, 5) is 4.27. The molecule has 2 aromatic carbocycles. The summed E-state index contributed by atoms with van der Waals surface area (Å²) in [6.07, 6.45) is 8.05. The lowest BCUT2D eigenvalue weighted by molar-refractivity contribution is 0.194. The maximum atomic E-state index is 13.7. The summed E-state index contributed by atoms with van der Waals surface area (Å²) in [5.74, 6) is 0.662. The van der Waals surface area contributed by atoms with Crippen molar-refractivity contribution >= 4 is 16.1 Å². The number of sulfonamides is 1. The minimum absolute atomic E-state index is 0.00783. The van der Waals surface area contributed by atoms with Crippen LogP contribution in [0, 0.1) is 17.2 Å². The zero-order valence-corrected chi connectivity index (χ0v) is 23.5. The molecule has 6 rings (SSSR count). The number of hydrogen-bond donors (Lipinski definition) is 1. The lowest BCUT2D eigenvalue weighted by Gasteiger charge is -2.38. The molecule has 0 amide bonds. The Morgan fingerprint density at radius 2 is 1.90 bits per heavy atom. The van der Waals surface area contributed by atoms with Crippen molar-refractivity contribution in [2.45, 2.75) is 31.1 Å². The molecule has 2 aliphatic rings. The van der Waals surface area contributed by atoms with E-state index < -0.39 is 10.0 Å². The normalized spacial score (nSPS) is 20.0. The smallest absolute Gasteiger partial charge is 0.243 e. The summed E-state index contributed by atoms with van der Waals surface area (Å²) >= 11 is 0. The van der Waals surface area contributed by atoms with Crippen molar-refractivity contribution in [1.82, 2.24) is 19.1 Å². The van der Waals surface area contributed by atoms with Gasteiger partial charge in [-0.15, -0.1) is 0 Å². The Kier molecular flexibility index (Phi) is 7.23. The molecule has 2 aromatic heterocycles. The molecule has 0 unspecified atom stereocenters. The molecule has 0 spiro atoms. The van der Waals surface area contributed by atoms with Crippen LogP contribution in [0.1, 0.15) is 31.0 Å². The van der Waals surface area contributed by atoms with Gasteiger partial charge >= 0.3 is 0 Å². The zero-order valence-electron chi connectivity index (χ0n) is 22.6. The van der Waals surface area contributed by atoms with E-state index in [1.165, 1.54) is 34.1 Å². The molecule has 1 saturated carbocycles. The molecule has 0 bridgehead atoms. The van der Waals surface area contributed by atoms with Crippen LogP contribution in [0.4, 0.5) is 4.39 Å². The summed E-state index contributed by atoms with van der Waals surface area (Å²) in [7, 11) is -3.87. The van der Waals surface area contributed by atoms with Crippen molar-refractivity contribution < 1.29 is 22.7 Å². The molecule has 10 heteroatoms. The summed E-state index contributed by atoms with van der Waals surface area (Å²) in [5.41, 5.74) is 3.87. The average Bonchev–Trinajstić information content (AvgIpc) is 3.52. The number of nitrogens with zero attached hydrogens (tertiary/aromatic N) is 4. The van der Waals surface area contributed by atoms with Gasteiger partial charge in [-0.05, 0) is 96.8 Å². The van der Waals surface area contributed by atoms with E-state index in [9.17, 15) is 17.9 Å². The highest BCUT2D eigenvalue weighted by molar-refractivity contribution is 7.89. The van der Waals surface area contributed by atoms with Crippen molar-refractivity contribution in [1.29, 1.82) is 0 Å². The minimum atomic E-state index is -3.87. The summed E-state index contributed by atoms with van der Waals surface area (Å²) in [5, 5.41) is 14.4. The maximum Gasteiger partial charge on any atom is 0.243 e. The molecule has 1 N–H and O–H groups in total. The van der Waals surface area contributed by atoms with Crippen molar-refractivity contribution in [2.24, 2.45) is 11.3 Å². The molecule has 0 radical (unpaired) electrons. The van der Waals surface area contributed by atoms with E-state index in [1.807, 2.05) is 16.9 Å². The van der Waals surface area contributed by atoms with Crippen LogP contribution in [0.5, 0.6) is 11.6 Å². The van der Waals surface area contributed by atoms with Crippen LogP contribution in [0.25, 0.3) is 11.8 Å². The van der Waals surface area contributed by atoms with Crippen molar-refractivity contribution in [3.63, 3.8) is 0 Å². The molecule has 2 heterocycles. The Bertz CT molecular complexity index is 1670. The predicted molar refractivity (Wildman–Crippen MR) is 153 cm³/mol. The summed E-state index contributed by atoms with van der Waals surface area (Å²) in [6.45, 7) is 2.22. The Balaban J connectivity index is 1.22. The van der Waals surface area contributed by atoms with Crippen molar-refractivity contribution in [3.05, 3.63) is 102 Å². The first-order valence-electron chi connectivity index (χ1n) is 13.6. The highest BCUT2D eigenvalue weighted by Gasteiger charge is 2.47. The van der Waals surface area contributed by atoms with E-state index in [0.29, 0.717) is 18.2 Å². The van der Waals surface area contributed by atoms with Crippen molar-refractivity contribution in [2.75, 3.05) is 19.7 Å². The summed E-state index contributed by atoms with van der Waals surface area (Å²) < 4.78 is 49.9. The van der Waals surface area contributed by atoms with Crippen LogP contribution in [0.15, 0.2) is 89.6 Å². The summed E-state index contributed by atoms with van der Waals surface area (Å²) in [6, 6.07) is 17.8. The molecule has 1 fully saturated rings. The predicted octanol–water partition coefficient (Wildman–Crippen LogP) is 5.24. The van der Waals surface area contributed by atoms with Gasteiger partial charge in [0.05, 0.1) is 29.1 Å². The molecular weight excluding hydrogens is 543 g/mol. The number of benzene rings is 2. The first kappa shape index (κ1) is 27.3. The van der Waals surface area contributed by atoms with Gasteiger partial charge in [0.2, 0.25) is 15.9 Å². The van der Waals surface area contributed by atoms with Gasteiger partial charge in [-0.3, -0.25) is 0 Å². The minimum Gasteiger partial charge on any atom is -0.439 e. The molecule has 0 saturated heterocycles. The standard InChI is InChI=1S/C31H31FN4O4S/c1-31-19-22-20-34-36(26-9-7-25(32)8-10-26)29(22)18-23(31)5-6-24(31)21-35(16-17-37)41(38,39)28-13-11-27(12-14-28)40-30-4-2-3-15-33-30/h2-4,7-15,18,20,24,37H,5-6,16-17,19,21H2,1H3/t24-,31+/m1/s1. The number of fused-ring (bicyclic) bond motifs is 2. The number of allylic oxidation sites excluding steroid dienone is 1. The number of ether oxygens (including phenoxy) is 1. The number of aliphatic hydroxyl groups is 1. The Hall–Kier alpha value is -3.86. The van der Waals surface area contributed by atoms with Crippen LogP contribution in [-0.2, 0) is 16.4 Å². The third-order valence-electron chi connectivity index (χ3n) is 8.32. The molecule has 0 aliphatic heterocycles.